The van der Waals surface area contributed by atoms with Crippen molar-refractivity contribution in [2.75, 3.05) is 26.2 Å². The Kier molecular flexibility index (Phi) is 8.67. The lowest BCUT2D eigenvalue weighted by atomic mass is 9.74. The van der Waals surface area contributed by atoms with Gasteiger partial charge in [-0.25, -0.2) is 0 Å². The van der Waals surface area contributed by atoms with Crippen LogP contribution in [0.25, 0.3) is 0 Å². The van der Waals surface area contributed by atoms with E-state index in [4.69, 9.17) is 4.74 Å². The highest BCUT2D eigenvalue weighted by molar-refractivity contribution is 5.91. The van der Waals surface area contributed by atoms with E-state index in [2.05, 4.69) is 34.9 Å². The number of carbonyl (C=O) groups is 2. The maximum Gasteiger partial charge on any atom is 0.247 e. The Balaban J connectivity index is 1.41. The number of nitrogens with zero attached hydrogens (tertiary/aromatic N) is 1. The smallest absolute Gasteiger partial charge is 0.247 e. The Hall–Kier alpha value is -2.74. The molecule has 2 amide bonds. The molecule has 2 aliphatic rings. The zero-order chi connectivity index (χ0) is 26.5. The summed E-state index contributed by atoms with van der Waals surface area (Å²) in [6.07, 6.45) is 3.52. The first-order valence-corrected chi connectivity index (χ1v) is 13.4. The Morgan fingerprint density at radius 3 is 2.43 bits per heavy atom. The van der Waals surface area contributed by atoms with Crippen LogP contribution in [-0.4, -0.2) is 65.7 Å². The zero-order valence-corrected chi connectivity index (χ0v) is 22.3. The summed E-state index contributed by atoms with van der Waals surface area (Å²) in [4.78, 5) is 28.7. The average Bonchev–Trinajstić information content (AvgIpc) is 3.25. The van der Waals surface area contributed by atoms with Gasteiger partial charge in [-0.2, -0.15) is 0 Å². The summed E-state index contributed by atoms with van der Waals surface area (Å²) in [5.41, 5.74) is 3.11. The number of aliphatic hydroxyl groups is 1. The van der Waals surface area contributed by atoms with Gasteiger partial charge >= 0.3 is 0 Å². The Morgan fingerprint density at radius 2 is 1.73 bits per heavy atom. The number of ether oxygens (including phenoxy) is 1. The van der Waals surface area contributed by atoms with Gasteiger partial charge in [0.05, 0.1) is 24.9 Å². The van der Waals surface area contributed by atoms with Gasteiger partial charge in [0.2, 0.25) is 11.8 Å². The quantitative estimate of drug-likeness (QED) is 0.460. The molecular formula is C30H41N3O4. The molecule has 2 aromatic carbocycles. The number of hydrogen-bond acceptors (Lipinski definition) is 5. The first-order valence-electron chi connectivity index (χ1n) is 13.4. The molecule has 7 nitrogen and oxygen atoms in total. The molecule has 1 heterocycles. The first kappa shape index (κ1) is 27.3. The fraction of sp³-hybridized carbons (Fsp3) is 0.533. The molecular weight excluding hydrogens is 466 g/mol. The molecule has 0 radical (unpaired) electrons. The van der Waals surface area contributed by atoms with Crippen LogP contribution in [0.3, 0.4) is 0 Å². The molecule has 1 saturated heterocycles. The number of fused-ring (bicyclic) bond motifs is 2. The number of amides is 2. The Morgan fingerprint density at radius 1 is 1.05 bits per heavy atom. The third-order valence-corrected chi connectivity index (χ3v) is 7.90. The summed E-state index contributed by atoms with van der Waals surface area (Å²) in [6, 6.07) is 17.7. The van der Waals surface area contributed by atoms with E-state index in [9.17, 15) is 14.7 Å². The second-order valence-electron chi connectivity index (χ2n) is 11.1. The number of aryl methyl sites for hydroxylation is 1. The lowest BCUT2D eigenvalue weighted by Gasteiger charge is -2.41. The molecule has 4 rings (SSSR count). The van der Waals surface area contributed by atoms with E-state index in [1.807, 2.05) is 35.2 Å². The van der Waals surface area contributed by atoms with Gasteiger partial charge in [0.25, 0.3) is 0 Å². The predicted molar refractivity (Wildman–Crippen MR) is 144 cm³/mol. The van der Waals surface area contributed by atoms with Crippen LogP contribution < -0.4 is 10.6 Å². The van der Waals surface area contributed by atoms with E-state index < -0.39 is 17.7 Å². The van der Waals surface area contributed by atoms with Gasteiger partial charge in [-0.15, -0.1) is 0 Å². The number of hydrogen-bond donors (Lipinski definition) is 3. The molecule has 1 fully saturated rings. The number of β-amino-alcohol motifs (C(OH)–C–C–N with tert-alkyl or cyclic N) is 1. The minimum atomic E-state index is -0.950. The van der Waals surface area contributed by atoms with E-state index in [-0.39, 0.29) is 30.4 Å². The highest BCUT2D eigenvalue weighted by Gasteiger charge is 2.43. The maximum atomic E-state index is 13.7. The fourth-order valence-corrected chi connectivity index (χ4v) is 5.52. The summed E-state index contributed by atoms with van der Waals surface area (Å²) in [5.74, 6) is -0.401. The number of carbonyl (C=O) groups excluding carboxylic acids is 2. The molecule has 1 aliphatic heterocycles. The highest BCUT2D eigenvalue weighted by atomic mass is 16.5. The molecule has 0 aromatic heterocycles. The molecule has 0 saturated carbocycles. The Bertz CT molecular complexity index is 1060. The lowest BCUT2D eigenvalue weighted by Crippen LogP contribution is -2.60. The average molecular weight is 508 g/mol. The second-order valence-corrected chi connectivity index (χ2v) is 11.1. The van der Waals surface area contributed by atoms with E-state index in [1.54, 1.807) is 20.8 Å². The normalized spacial score (nSPS) is 18.3. The summed E-state index contributed by atoms with van der Waals surface area (Å²) >= 11 is 0. The highest BCUT2D eigenvalue weighted by Crippen LogP contribution is 2.46. The van der Waals surface area contributed by atoms with Gasteiger partial charge in [-0.05, 0) is 68.6 Å². The number of piperidine rings is 1. The van der Waals surface area contributed by atoms with Gasteiger partial charge in [0.1, 0.15) is 6.04 Å². The Labute approximate surface area is 220 Å². The van der Waals surface area contributed by atoms with Crippen molar-refractivity contribution >= 4 is 11.8 Å². The molecule has 37 heavy (non-hydrogen) atoms. The summed E-state index contributed by atoms with van der Waals surface area (Å²) in [7, 11) is 0. The van der Waals surface area contributed by atoms with Gasteiger partial charge in [0, 0.05) is 19.6 Å². The van der Waals surface area contributed by atoms with Crippen LogP contribution in [0, 0.1) is 0 Å². The number of aliphatic hydroxyl groups excluding tert-OH is 1. The SMILES string of the molecule is C[C@@H](O)CNC(C)(C)C(=O)N[C@H](COCc1ccccc1)C(=O)N1CCC2(CCc3ccccc32)CC1. The minimum absolute atomic E-state index is 0.0937. The van der Waals surface area contributed by atoms with Gasteiger partial charge in [0.15, 0.2) is 0 Å². The van der Waals surface area contributed by atoms with Crippen LogP contribution in [0.1, 0.15) is 56.7 Å². The van der Waals surface area contributed by atoms with Gasteiger partial charge in [-0.3, -0.25) is 9.59 Å². The standard InChI is InChI=1S/C30H41N3O4/c1-22(34)19-31-29(2,3)28(36)32-26(21-37-20-23-9-5-4-6-10-23)27(35)33-17-15-30(16-18-33)14-13-24-11-7-8-12-25(24)30/h4-12,22,26,31,34H,13-21H2,1-3H3,(H,32,36)/t22-,26-/m1/s1. The van der Waals surface area contributed by atoms with Crippen molar-refractivity contribution in [1.29, 1.82) is 0 Å². The minimum Gasteiger partial charge on any atom is -0.392 e. The monoisotopic (exact) mass is 507 g/mol. The molecule has 0 bridgehead atoms. The van der Waals surface area contributed by atoms with Crippen molar-refractivity contribution in [3.63, 3.8) is 0 Å². The lowest BCUT2D eigenvalue weighted by molar-refractivity contribution is -0.141. The van der Waals surface area contributed by atoms with Crippen molar-refractivity contribution in [3.05, 3.63) is 71.3 Å². The third-order valence-electron chi connectivity index (χ3n) is 7.90. The van der Waals surface area contributed by atoms with Crippen LogP contribution >= 0.6 is 0 Å². The number of nitrogens with one attached hydrogen (secondary N) is 2. The molecule has 1 spiro atoms. The number of benzene rings is 2. The molecule has 3 N–H and O–H groups in total. The summed E-state index contributed by atoms with van der Waals surface area (Å²) in [6.45, 7) is 7.23. The van der Waals surface area contributed by atoms with Crippen molar-refractivity contribution in [2.45, 2.75) is 76.2 Å². The third kappa shape index (κ3) is 6.58. The second kappa shape index (κ2) is 11.8. The van der Waals surface area contributed by atoms with Crippen molar-refractivity contribution < 1.29 is 19.4 Å². The van der Waals surface area contributed by atoms with Crippen molar-refractivity contribution in [2.24, 2.45) is 0 Å². The fourth-order valence-electron chi connectivity index (χ4n) is 5.52. The maximum absolute atomic E-state index is 13.7. The zero-order valence-electron chi connectivity index (χ0n) is 22.3. The molecule has 2 atom stereocenters. The van der Waals surface area contributed by atoms with Crippen molar-refractivity contribution in [3.8, 4) is 0 Å². The topological polar surface area (TPSA) is 90.9 Å². The van der Waals surface area contributed by atoms with E-state index in [0.717, 1.165) is 31.2 Å². The number of rotatable bonds is 10. The van der Waals surface area contributed by atoms with E-state index in [0.29, 0.717) is 19.7 Å². The van der Waals surface area contributed by atoms with Crippen LogP contribution in [0.2, 0.25) is 0 Å². The first-order chi connectivity index (χ1) is 17.7. The van der Waals surface area contributed by atoms with Crippen LogP contribution in [0.4, 0.5) is 0 Å². The van der Waals surface area contributed by atoms with E-state index >= 15 is 0 Å². The van der Waals surface area contributed by atoms with E-state index in [1.165, 1.54) is 11.1 Å². The largest absolute Gasteiger partial charge is 0.392 e. The molecule has 7 heteroatoms. The van der Waals surface area contributed by atoms with Crippen LogP contribution in [-0.2, 0) is 32.8 Å². The number of likely N-dealkylation sites (tertiary alicyclic amines) is 1. The molecule has 2 aromatic rings. The summed E-state index contributed by atoms with van der Waals surface area (Å²) < 4.78 is 5.92. The van der Waals surface area contributed by atoms with Gasteiger partial charge < -0.3 is 25.4 Å². The van der Waals surface area contributed by atoms with Gasteiger partial charge in [-0.1, -0.05) is 54.6 Å². The summed E-state index contributed by atoms with van der Waals surface area (Å²) in [5, 5.41) is 15.7. The van der Waals surface area contributed by atoms with Crippen molar-refractivity contribution in [1.82, 2.24) is 15.5 Å². The van der Waals surface area contributed by atoms with Crippen LogP contribution in [0.15, 0.2) is 54.6 Å². The van der Waals surface area contributed by atoms with Crippen LogP contribution in [0.5, 0.6) is 0 Å². The predicted octanol–water partition coefficient (Wildman–Crippen LogP) is 2.94. The molecule has 0 unspecified atom stereocenters. The molecule has 1 aliphatic carbocycles. The molecule has 200 valence electrons.